The number of hydrogen-bond donors (Lipinski definition) is 0. The van der Waals surface area contributed by atoms with Crippen LogP contribution in [0.25, 0.3) is 16.6 Å². The maximum atomic E-state index is 11.4. The Bertz CT molecular complexity index is 1140. The molecule has 0 atom stereocenters. The van der Waals surface area contributed by atoms with E-state index in [9.17, 15) is 4.79 Å². The van der Waals surface area contributed by atoms with E-state index in [2.05, 4.69) is 58.4 Å². The van der Waals surface area contributed by atoms with Gasteiger partial charge in [0, 0.05) is 27.8 Å². The Morgan fingerprint density at radius 3 is 2.59 bits per heavy atom. The molecule has 5 nitrogen and oxygen atoms in total. The molecule has 0 aliphatic rings. The summed E-state index contributed by atoms with van der Waals surface area (Å²) in [7, 11) is 1.33. The summed E-state index contributed by atoms with van der Waals surface area (Å²) in [6.45, 7) is 8.54. The molecule has 1 aromatic heterocycles. The lowest BCUT2D eigenvalue weighted by Crippen LogP contribution is -2.00. The van der Waals surface area contributed by atoms with Gasteiger partial charge < -0.3 is 14.2 Å². The number of hydrogen-bond acceptors (Lipinski definition) is 6. The molecule has 32 heavy (non-hydrogen) atoms. The van der Waals surface area contributed by atoms with Crippen molar-refractivity contribution in [2.75, 3.05) is 13.7 Å². The van der Waals surface area contributed by atoms with Crippen molar-refractivity contribution < 1.29 is 19.0 Å². The Kier molecular flexibility index (Phi) is 8.25. The number of ether oxygens (including phenoxy) is 3. The van der Waals surface area contributed by atoms with Gasteiger partial charge in [-0.1, -0.05) is 52.3 Å². The number of carbonyl (C=O) groups is 1. The summed E-state index contributed by atoms with van der Waals surface area (Å²) in [5, 5.41) is 0.976. The first-order valence-corrected chi connectivity index (χ1v) is 11.5. The molecule has 0 amide bonds. The van der Waals surface area contributed by atoms with E-state index >= 15 is 0 Å². The third-order valence-corrected chi connectivity index (χ3v) is 5.94. The summed E-state index contributed by atoms with van der Waals surface area (Å²) in [6.07, 6.45) is 2.99. The highest BCUT2D eigenvalue weighted by Crippen LogP contribution is 2.31. The van der Waals surface area contributed by atoms with Crippen molar-refractivity contribution in [3.05, 3.63) is 81.3 Å². The second-order valence-corrected chi connectivity index (χ2v) is 9.25. The van der Waals surface area contributed by atoms with Crippen molar-refractivity contribution >= 4 is 39.3 Å². The summed E-state index contributed by atoms with van der Waals surface area (Å²) in [4.78, 5) is 17.2. The normalized spacial score (nSPS) is 10.9. The third kappa shape index (κ3) is 6.55. The Hall–Kier alpha value is -2.90. The van der Waals surface area contributed by atoms with Crippen LogP contribution in [-0.4, -0.2) is 24.7 Å². The van der Waals surface area contributed by atoms with Crippen LogP contribution in [0.3, 0.4) is 0 Å². The van der Waals surface area contributed by atoms with Crippen molar-refractivity contribution in [3.8, 4) is 22.1 Å². The summed E-state index contributed by atoms with van der Waals surface area (Å²) in [6, 6.07) is 13.8. The van der Waals surface area contributed by atoms with Crippen molar-refractivity contribution in [2.24, 2.45) is 0 Å². The van der Waals surface area contributed by atoms with Gasteiger partial charge in [-0.3, -0.25) is 0 Å². The highest BCUT2D eigenvalue weighted by atomic mass is 79.9. The number of benzene rings is 2. The molecular formula is C25H24BrNO4S. The minimum atomic E-state index is -0.439. The first-order valence-electron chi connectivity index (χ1n) is 9.88. The molecule has 0 unspecified atom stereocenters. The minimum Gasteiger partial charge on any atom is -0.488 e. The molecule has 0 bridgehead atoms. The molecule has 0 fully saturated rings. The van der Waals surface area contributed by atoms with E-state index in [0.717, 1.165) is 26.7 Å². The average Bonchev–Trinajstić information content (AvgIpc) is 3.15. The fourth-order valence-corrected chi connectivity index (χ4v) is 3.88. The second kappa shape index (κ2) is 11.1. The van der Waals surface area contributed by atoms with Gasteiger partial charge in [0.1, 0.15) is 29.7 Å². The highest BCUT2D eigenvalue weighted by molar-refractivity contribution is 9.11. The molecule has 0 saturated heterocycles. The standard InChI is InChI=1S/C25H24BrNO4S/c1-16-5-7-20(8-6-16)25-27-18(3)23(32-25)15-30-21-11-9-19(10-12-24(28)29-4)22(13-21)31-14-17(2)26/h5-13H,2,14-15H2,1,3-4H3. The van der Waals surface area contributed by atoms with E-state index in [4.69, 9.17) is 14.5 Å². The molecule has 0 aliphatic heterocycles. The monoisotopic (exact) mass is 513 g/mol. The van der Waals surface area contributed by atoms with Gasteiger partial charge >= 0.3 is 5.97 Å². The summed E-state index contributed by atoms with van der Waals surface area (Å²) < 4.78 is 17.2. The van der Waals surface area contributed by atoms with Crippen LogP contribution in [0, 0.1) is 13.8 Å². The number of esters is 1. The van der Waals surface area contributed by atoms with E-state index in [0.29, 0.717) is 22.6 Å². The van der Waals surface area contributed by atoms with E-state index in [-0.39, 0.29) is 6.61 Å². The van der Waals surface area contributed by atoms with Crippen LogP contribution in [0.15, 0.2) is 59.6 Å². The van der Waals surface area contributed by atoms with Crippen LogP contribution in [0.5, 0.6) is 11.5 Å². The van der Waals surface area contributed by atoms with Crippen LogP contribution in [0.2, 0.25) is 0 Å². The Morgan fingerprint density at radius 1 is 1.16 bits per heavy atom. The lowest BCUT2D eigenvalue weighted by atomic mass is 10.1. The Morgan fingerprint density at radius 2 is 1.91 bits per heavy atom. The first kappa shape index (κ1) is 23.8. The van der Waals surface area contributed by atoms with Crippen molar-refractivity contribution in [3.63, 3.8) is 0 Å². The molecule has 0 spiro atoms. The quantitative estimate of drug-likeness (QED) is 0.242. The van der Waals surface area contributed by atoms with Crippen molar-refractivity contribution in [1.82, 2.24) is 4.98 Å². The van der Waals surface area contributed by atoms with Gasteiger partial charge in [-0.2, -0.15) is 0 Å². The number of thiazole rings is 1. The largest absolute Gasteiger partial charge is 0.488 e. The highest BCUT2D eigenvalue weighted by Gasteiger charge is 2.11. The summed E-state index contributed by atoms with van der Waals surface area (Å²) >= 11 is 4.92. The molecular weight excluding hydrogens is 490 g/mol. The number of halogens is 1. The predicted molar refractivity (Wildman–Crippen MR) is 132 cm³/mol. The SMILES string of the molecule is C=C(Br)COc1cc(OCc2sc(-c3ccc(C)cc3)nc2C)ccc1C=CC(=O)OC. The van der Waals surface area contributed by atoms with Gasteiger partial charge in [0.25, 0.3) is 0 Å². The minimum absolute atomic E-state index is 0.288. The number of methoxy groups -OCH3 is 1. The zero-order valence-corrected chi connectivity index (χ0v) is 20.6. The van der Waals surface area contributed by atoms with E-state index in [1.807, 2.05) is 19.1 Å². The zero-order valence-electron chi connectivity index (χ0n) is 18.2. The molecule has 7 heteroatoms. The molecule has 0 radical (unpaired) electrons. The van der Waals surface area contributed by atoms with Crippen LogP contribution >= 0.6 is 27.3 Å². The molecule has 0 saturated carbocycles. The molecule has 2 aromatic carbocycles. The van der Waals surface area contributed by atoms with E-state index in [1.165, 1.54) is 18.7 Å². The number of rotatable bonds is 9. The smallest absolute Gasteiger partial charge is 0.330 e. The second-order valence-electron chi connectivity index (χ2n) is 7.04. The lowest BCUT2D eigenvalue weighted by Gasteiger charge is -2.12. The average molecular weight is 514 g/mol. The fourth-order valence-electron chi connectivity index (χ4n) is 2.78. The molecule has 166 valence electrons. The van der Waals surface area contributed by atoms with Crippen molar-refractivity contribution in [1.29, 1.82) is 0 Å². The number of nitrogens with zero attached hydrogens (tertiary/aromatic N) is 1. The maximum Gasteiger partial charge on any atom is 0.330 e. The lowest BCUT2D eigenvalue weighted by molar-refractivity contribution is -0.134. The predicted octanol–water partition coefficient (Wildman–Crippen LogP) is 6.48. The summed E-state index contributed by atoms with van der Waals surface area (Å²) in [5.41, 5.74) is 4.00. The van der Waals surface area contributed by atoms with E-state index in [1.54, 1.807) is 23.5 Å². The Balaban J connectivity index is 1.76. The van der Waals surface area contributed by atoms with Crippen LogP contribution < -0.4 is 9.47 Å². The van der Waals surface area contributed by atoms with Crippen LogP contribution in [0.1, 0.15) is 21.7 Å². The molecule has 3 aromatic rings. The van der Waals surface area contributed by atoms with Crippen LogP contribution in [0.4, 0.5) is 0 Å². The maximum absolute atomic E-state index is 11.4. The molecule has 0 aliphatic carbocycles. The topological polar surface area (TPSA) is 57.7 Å². The van der Waals surface area contributed by atoms with Gasteiger partial charge in [-0.15, -0.1) is 11.3 Å². The zero-order chi connectivity index (χ0) is 23.1. The molecule has 3 rings (SSSR count). The summed E-state index contributed by atoms with van der Waals surface area (Å²) in [5.74, 6) is 0.788. The van der Waals surface area contributed by atoms with Gasteiger partial charge in [-0.25, -0.2) is 9.78 Å². The first-order chi connectivity index (χ1) is 15.4. The van der Waals surface area contributed by atoms with Gasteiger partial charge in [0.05, 0.1) is 17.7 Å². The fraction of sp³-hybridized carbons (Fsp3) is 0.200. The van der Waals surface area contributed by atoms with Crippen LogP contribution in [-0.2, 0) is 16.1 Å². The van der Waals surface area contributed by atoms with Gasteiger partial charge in [0.15, 0.2) is 0 Å². The Labute approximate surface area is 200 Å². The van der Waals surface area contributed by atoms with E-state index < -0.39 is 5.97 Å². The third-order valence-electron chi connectivity index (χ3n) is 4.53. The molecule has 1 heterocycles. The van der Waals surface area contributed by atoms with Gasteiger partial charge in [-0.05, 0) is 32.1 Å². The molecule has 0 N–H and O–H groups in total. The number of aromatic nitrogens is 1. The number of carbonyl (C=O) groups excluding carboxylic acids is 1. The van der Waals surface area contributed by atoms with Gasteiger partial charge in [0.2, 0.25) is 0 Å². The number of aryl methyl sites for hydroxylation is 2. The van der Waals surface area contributed by atoms with Crippen molar-refractivity contribution in [2.45, 2.75) is 20.5 Å².